The lowest BCUT2D eigenvalue weighted by Crippen LogP contribution is -2.30. The molecule has 0 saturated heterocycles. The molecule has 2 aromatic carbocycles. The van der Waals surface area contributed by atoms with Gasteiger partial charge >= 0.3 is 0 Å². The van der Waals surface area contributed by atoms with Gasteiger partial charge in [-0.05, 0) is 35.7 Å². The Morgan fingerprint density at radius 3 is 2.83 bits per heavy atom. The first kappa shape index (κ1) is 20.2. The zero-order valence-corrected chi connectivity index (χ0v) is 17.2. The van der Waals surface area contributed by atoms with Crippen molar-refractivity contribution in [2.24, 2.45) is 0 Å². The molecule has 0 unspecified atom stereocenters. The van der Waals surface area contributed by atoms with E-state index >= 15 is 0 Å². The molecule has 0 bridgehead atoms. The molecule has 11 heteroatoms. The molecule has 4 rings (SSSR count). The number of aromatic nitrogens is 2. The number of nitro groups is 1. The van der Waals surface area contributed by atoms with Crippen LogP contribution in [0.25, 0.3) is 0 Å². The fourth-order valence-electron chi connectivity index (χ4n) is 3.08. The van der Waals surface area contributed by atoms with E-state index < -0.39 is 4.92 Å². The van der Waals surface area contributed by atoms with Crippen molar-refractivity contribution in [1.29, 1.82) is 0 Å². The SMILES string of the molecule is O=C(CSc1nnc(NCc2ccc(F)cc2)s1)N1CCc2cc([N+](=O)[O-])ccc21. The van der Waals surface area contributed by atoms with Crippen molar-refractivity contribution in [3.8, 4) is 0 Å². The Balaban J connectivity index is 1.31. The van der Waals surface area contributed by atoms with Gasteiger partial charge in [0.05, 0.1) is 10.7 Å². The molecule has 0 spiro atoms. The van der Waals surface area contributed by atoms with Gasteiger partial charge < -0.3 is 10.2 Å². The third kappa shape index (κ3) is 4.57. The van der Waals surface area contributed by atoms with Crippen LogP contribution in [-0.4, -0.2) is 33.3 Å². The van der Waals surface area contributed by atoms with Gasteiger partial charge in [-0.3, -0.25) is 14.9 Å². The molecular formula is C19H16FN5O3S2. The van der Waals surface area contributed by atoms with Gasteiger partial charge in [0.2, 0.25) is 11.0 Å². The summed E-state index contributed by atoms with van der Waals surface area (Å²) in [4.78, 5) is 24.8. The number of nitrogens with one attached hydrogen (secondary N) is 1. The Morgan fingerprint density at radius 2 is 2.07 bits per heavy atom. The Kier molecular flexibility index (Phi) is 5.91. The Labute approximate surface area is 179 Å². The number of nitro benzene ring substituents is 1. The van der Waals surface area contributed by atoms with Crippen LogP contribution < -0.4 is 10.2 Å². The van der Waals surface area contributed by atoms with E-state index in [2.05, 4.69) is 15.5 Å². The summed E-state index contributed by atoms with van der Waals surface area (Å²) in [6.07, 6.45) is 0.601. The molecule has 0 fully saturated rings. The van der Waals surface area contributed by atoms with Crippen molar-refractivity contribution in [3.05, 3.63) is 69.5 Å². The minimum Gasteiger partial charge on any atom is -0.356 e. The molecule has 1 aromatic heterocycles. The van der Waals surface area contributed by atoms with Crippen LogP contribution in [0.1, 0.15) is 11.1 Å². The second-order valence-electron chi connectivity index (χ2n) is 6.51. The van der Waals surface area contributed by atoms with E-state index in [4.69, 9.17) is 0 Å². The maximum absolute atomic E-state index is 12.9. The molecule has 2 heterocycles. The molecule has 30 heavy (non-hydrogen) atoms. The lowest BCUT2D eigenvalue weighted by atomic mass is 10.1. The first-order chi connectivity index (χ1) is 14.5. The molecule has 1 N–H and O–H groups in total. The van der Waals surface area contributed by atoms with Crippen LogP contribution in [0.5, 0.6) is 0 Å². The number of hydrogen-bond donors (Lipinski definition) is 1. The van der Waals surface area contributed by atoms with E-state index in [1.807, 2.05) is 0 Å². The van der Waals surface area contributed by atoms with Gasteiger partial charge in [0.1, 0.15) is 5.82 Å². The standard InChI is InChI=1S/C19H16FN5O3S2/c20-14-3-1-12(2-4-14)10-21-18-22-23-19(30-18)29-11-17(26)24-8-7-13-9-15(25(27)28)5-6-16(13)24/h1-6,9H,7-8,10-11H2,(H,21,22). The first-order valence-electron chi connectivity index (χ1n) is 9.02. The summed E-state index contributed by atoms with van der Waals surface area (Å²) >= 11 is 2.64. The van der Waals surface area contributed by atoms with E-state index in [9.17, 15) is 19.3 Å². The molecule has 1 aliphatic heterocycles. The first-order valence-corrected chi connectivity index (χ1v) is 10.8. The number of nitrogens with zero attached hydrogens (tertiary/aromatic N) is 4. The van der Waals surface area contributed by atoms with Gasteiger partial charge in [-0.1, -0.05) is 35.2 Å². The maximum atomic E-state index is 12.9. The highest BCUT2D eigenvalue weighted by Gasteiger charge is 2.26. The predicted molar refractivity (Wildman–Crippen MR) is 114 cm³/mol. The molecule has 0 radical (unpaired) electrons. The van der Waals surface area contributed by atoms with Crippen LogP contribution in [0.4, 0.5) is 20.9 Å². The predicted octanol–water partition coefficient (Wildman–Crippen LogP) is 3.88. The van der Waals surface area contributed by atoms with Crippen LogP contribution in [0.3, 0.4) is 0 Å². The second kappa shape index (κ2) is 8.76. The van der Waals surface area contributed by atoms with Gasteiger partial charge in [-0.15, -0.1) is 10.2 Å². The third-order valence-electron chi connectivity index (χ3n) is 4.55. The number of hydrogen-bond acceptors (Lipinski definition) is 8. The minimum absolute atomic E-state index is 0.0342. The smallest absolute Gasteiger partial charge is 0.269 e. The highest BCUT2D eigenvalue weighted by Crippen LogP contribution is 2.33. The van der Waals surface area contributed by atoms with Crippen molar-refractivity contribution < 1.29 is 14.1 Å². The average Bonchev–Trinajstić information content (AvgIpc) is 3.38. The summed E-state index contributed by atoms with van der Waals surface area (Å²) < 4.78 is 13.6. The fraction of sp³-hybridized carbons (Fsp3) is 0.211. The van der Waals surface area contributed by atoms with E-state index in [1.165, 1.54) is 47.4 Å². The monoisotopic (exact) mass is 445 g/mol. The van der Waals surface area contributed by atoms with Crippen LogP contribution >= 0.6 is 23.1 Å². The van der Waals surface area contributed by atoms with Gasteiger partial charge in [0.15, 0.2) is 4.34 Å². The van der Waals surface area contributed by atoms with Gasteiger partial charge in [-0.2, -0.15) is 0 Å². The maximum Gasteiger partial charge on any atom is 0.269 e. The molecule has 8 nitrogen and oxygen atoms in total. The molecule has 1 amide bonds. The second-order valence-corrected chi connectivity index (χ2v) is 8.71. The van der Waals surface area contributed by atoms with Crippen molar-refractivity contribution in [2.45, 2.75) is 17.3 Å². The van der Waals surface area contributed by atoms with E-state index in [0.717, 1.165) is 16.8 Å². The van der Waals surface area contributed by atoms with Gasteiger partial charge in [0.25, 0.3) is 5.69 Å². The number of fused-ring (bicyclic) bond motifs is 1. The average molecular weight is 446 g/mol. The summed E-state index contributed by atoms with van der Waals surface area (Å²) in [7, 11) is 0. The number of thioether (sulfide) groups is 1. The number of amides is 1. The zero-order valence-electron chi connectivity index (χ0n) is 15.6. The fourth-order valence-corrected chi connectivity index (χ4v) is 4.71. The lowest BCUT2D eigenvalue weighted by Gasteiger charge is -2.16. The van der Waals surface area contributed by atoms with Crippen molar-refractivity contribution in [2.75, 3.05) is 22.5 Å². The van der Waals surface area contributed by atoms with Crippen LogP contribution in [0.15, 0.2) is 46.8 Å². The van der Waals surface area contributed by atoms with Gasteiger partial charge in [-0.25, -0.2) is 4.39 Å². The van der Waals surface area contributed by atoms with Crippen molar-refractivity contribution >= 4 is 45.5 Å². The molecule has 0 atom stereocenters. The summed E-state index contributed by atoms with van der Waals surface area (Å²) in [5, 5.41) is 22.8. The van der Waals surface area contributed by atoms with E-state index in [0.29, 0.717) is 29.0 Å². The van der Waals surface area contributed by atoms with Crippen molar-refractivity contribution in [1.82, 2.24) is 10.2 Å². The number of halogens is 1. The number of benzene rings is 2. The molecular weight excluding hydrogens is 429 g/mol. The third-order valence-corrected chi connectivity index (χ3v) is 6.55. The van der Waals surface area contributed by atoms with Crippen LogP contribution in [-0.2, 0) is 17.8 Å². The summed E-state index contributed by atoms with van der Waals surface area (Å²) in [6, 6.07) is 10.8. The molecule has 0 aliphatic carbocycles. The van der Waals surface area contributed by atoms with Crippen LogP contribution in [0.2, 0.25) is 0 Å². The van der Waals surface area contributed by atoms with Crippen molar-refractivity contribution in [3.63, 3.8) is 0 Å². The highest BCUT2D eigenvalue weighted by molar-refractivity contribution is 8.01. The molecule has 0 saturated carbocycles. The minimum atomic E-state index is -0.433. The quantitative estimate of drug-likeness (QED) is 0.335. The van der Waals surface area contributed by atoms with Crippen LogP contribution in [0, 0.1) is 15.9 Å². The number of carbonyl (C=O) groups is 1. The number of rotatable bonds is 7. The molecule has 1 aliphatic rings. The number of anilines is 2. The Bertz CT molecular complexity index is 1090. The normalized spacial score (nSPS) is 12.6. The number of carbonyl (C=O) groups excluding carboxylic acids is 1. The van der Waals surface area contributed by atoms with Gasteiger partial charge in [0, 0.05) is 30.9 Å². The zero-order chi connectivity index (χ0) is 21.1. The molecule has 154 valence electrons. The molecule has 3 aromatic rings. The van der Waals surface area contributed by atoms with E-state index in [-0.39, 0.29) is 23.2 Å². The Hall–Kier alpha value is -3.05. The summed E-state index contributed by atoms with van der Waals surface area (Å²) in [5.41, 5.74) is 2.49. The summed E-state index contributed by atoms with van der Waals surface area (Å²) in [6.45, 7) is 1.01. The Morgan fingerprint density at radius 1 is 1.27 bits per heavy atom. The largest absolute Gasteiger partial charge is 0.356 e. The highest BCUT2D eigenvalue weighted by atomic mass is 32.2. The number of non-ortho nitro benzene ring substituents is 1. The summed E-state index contributed by atoms with van der Waals surface area (Å²) in [5.74, 6) is -0.163. The van der Waals surface area contributed by atoms with E-state index in [1.54, 1.807) is 23.1 Å². The lowest BCUT2D eigenvalue weighted by molar-refractivity contribution is -0.384. The topological polar surface area (TPSA) is 101 Å².